The highest BCUT2D eigenvalue weighted by Crippen LogP contribution is 2.25. The summed E-state index contributed by atoms with van der Waals surface area (Å²) in [4.78, 5) is 17.6. The van der Waals surface area contributed by atoms with E-state index in [1.807, 2.05) is 0 Å². The third-order valence-corrected chi connectivity index (χ3v) is 6.33. The van der Waals surface area contributed by atoms with Crippen molar-refractivity contribution in [1.29, 1.82) is 0 Å². The molecule has 0 N–H and O–H groups in total. The standard InChI is InChI=1S/C22H42N2O/c1-3-5-7-11-20(10-6-4-2)18-22(25)24-16-12-21(13-17-24)19-23-14-8-9-15-23/h20-21H,3-19H2,1-2H3. The van der Waals surface area contributed by atoms with Gasteiger partial charge in [0.25, 0.3) is 0 Å². The lowest BCUT2D eigenvalue weighted by Crippen LogP contribution is -2.41. The van der Waals surface area contributed by atoms with E-state index in [2.05, 4.69) is 23.6 Å². The molecule has 0 spiro atoms. The fourth-order valence-corrected chi connectivity index (χ4v) is 4.60. The zero-order valence-electron chi connectivity index (χ0n) is 17.0. The molecule has 2 aliphatic heterocycles. The van der Waals surface area contributed by atoms with Crippen molar-refractivity contribution in [3.05, 3.63) is 0 Å². The van der Waals surface area contributed by atoms with E-state index in [-0.39, 0.29) is 0 Å². The highest BCUT2D eigenvalue weighted by atomic mass is 16.2. The number of rotatable bonds is 11. The number of hydrogen-bond acceptors (Lipinski definition) is 2. The predicted molar refractivity (Wildman–Crippen MR) is 107 cm³/mol. The Morgan fingerprint density at radius 2 is 1.56 bits per heavy atom. The van der Waals surface area contributed by atoms with Gasteiger partial charge in [-0.1, -0.05) is 46.0 Å². The fourth-order valence-electron chi connectivity index (χ4n) is 4.60. The number of piperidine rings is 1. The summed E-state index contributed by atoms with van der Waals surface area (Å²) in [7, 11) is 0. The fraction of sp³-hybridized carbons (Fsp3) is 0.955. The first-order valence-electron chi connectivity index (χ1n) is 11.2. The molecule has 25 heavy (non-hydrogen) atoms. The maximum absolute atomic E-state index is 12.8. The normalized spacial score (nSPS) is 21.0. The van der Waals surface area contributed by atoms with Gasteiger partial charge in [0.1, 0.15) is 0 Å². The van der Waals surface area contributed by atoms with Crippen LogP contribution in [0.2, 0.25) is 0 Å². The minimum absolute atomic E-state index is 0.442. The molecule has 146 valence electrons. The third kappa shape index (κ3) is 7.68. The Balaban J connectivity index is 1.69. The van der Waals surface area contributed by atoms with Crippen LogP contribution in [-0.2, 0) is 4.79 Å². The molecule has 0 aromatic heterocycles. The molecule has 0 aromatic rings. The summed E-state index contributed by atoms with van der Waals surface area (Å²) < 4.78 is 0. The van der Waals surface area contributed by atoms with Crippen LogP contribution in [0.3, 0.4) is 0 Å². The number of carbonyl (C=O) groups excluding carboxylic acids is 1. The van der Waals surface area contributed by atoms with Crippen LogP contribution in [0.4, 0.5) is 0 Å². The Hall–Kier alpha value is -0.570. The van der Waals surface area contributed by atoms with Crippen LogP contribution in [0.15, 0.2) is 0 Å². The van der Waals surface area contributed by atoms with Crippen LogP contribution in [-0.4, -0.2) is 48.4 Å². The molecule has 2 heterocycles. The van der Waals surface area contributed by atoms with Crippen molar-refractivity contribution in [3.63, 3.8) is 0 Å². The first-order chi connectivity index (χ1) is 12.2. The van der Waals surface area contributed by atoms with Gasteiger partial charge in [0.15, 0.2) is 0 Å². The second-order valence-electron chi connectivity index (χ2n) is 8.54. The molecule has 1 atom stereocenters. The van der Waals surface area contributed by atoms with Crippen molar-refractivity contribution in [2.75, 3.05) is 32.7 Å². The number of likely N-dealkylation sites (tertiary alicyclic amines) is 2. The summed E-state index contributed by atoms with van der Waals surface area (Å²) in [6.07, 6.45) is 14.9. The Labute approximate surface area is 156 Å². The van der Waals surface area contributed by atoms with Crippen molar-refractivity contribution < 1.29 is 4.79 Å². The van der Waals surface area contributed by atoms with Gasteiger partial charge in [-0.25, -0.2) is 0 Å². The quantitative estimate of drug-likeness (QED) is 0.484. The Kier molecular flexibility index (Phi) is 9.90. The van der Waals surface area contributed by atoms with Crippen LogP contribution >= 0.6 is 0 Å². The minimum atomic E-state index is 0.442. The lowest BCUT2D eigenvalue weighted by molar-refractivity contribution is -0.133. The summed E-state index contributed by atoms with van der Waals surface area (Å²) in [6, 6.07) is 0. The van der Waals surface area contributed by atoms with E-state index in [4.69, 9.17) is 0 Å². The molecule has 0 radical (unpaired) electrons. The smallest absolute Gasteiger partial charge is 0.222 e. The van der Waals surface area contributed by atoms with Gasteiger partial charge in [0, 0.05) is 26.1 Å². The number of amides is 1. The summed E-state index contributed by atoms with van der Waals surface area (Å²) >= 11 is 0. The van der Waals surface area contributed by atoms with Crippen molar-refractivity contribution in [2.24, 2.45) is 11.8 Å². The molecule has 0 bridgehead atoms. The monoisotopic (exact) mass is 350 g/mol. The number of unbranched alkanes of at least 4 members (excludes halogenated alkanes) is 3. The van der Waals surface area contributed by atoms with Gasteiger partial charge in [-0.2, -0.15) is 0 Å². The average Bonchev–Trinajstić information content (AvgIpc) is 3.13. The molecular formula is C22H42N2O. The molecule has 2 fully saturated rings. The Morgan fingerprint density at radius 3 is 2.20 bits per heavy atom. The molecule has 3 nitrogen and oxygen atoms in total. The van der Waals surface area contributed by atoms with Crippen molar-refractivity contribution in [1.82, 2.24) is 9.80 Å². The summed E-state index contributed by atoms with van der Waals surface area (Å²) in [6.45, 7) is 10.4. The summed E-state index contributed by atoms with van der Waals surface area (Å²) in [5.41, 5.74) is 0. The van der Waals surface area contributed by atoms with E-state index in [0.29, 0.717) is 11.8 Å². The largest absolute Gasteiger partial charge is 0.343 e. The molecule has 2 rings (SSSR count). The van der Waals surface area contributed by atoms with Gasteiger partial charge >= 0.3 is 0 Å². The molecule has 0 aliphatic carbocycles. The van der Waals surface area contributed by atoms with Gasteiger partial charge in [0.05, 0.1) is 0 Å². The summed E-state index contributed by atoms with van der Waals surface area (Å²) in [5.74, 6) is 1.89. The maximum Gasteiger partial charge on any atom is 0.222 e. The predicted octanol–water partition coefficient (Wildman–Crippen LogP) is 5.10. The van der Waals surface area contributed by atoms with E-state index in [1.165, 1.54) is 90.3 Å². The SMILES string of the molecule is CCCCCC(CCCC)CC(=O)N1CCC(CN2CCCC2)CC1. The van der Waals surface area contributed by atoms with Crippen molar-refractivity contribution in [2.45, 2.75) is 90.9 Å². The van der Waals surface area contributed by atoms with Crippen LogP contribution in [0.1, 0.15) is 90.9 Å². The van der Waals surface area contributed by atoms with Crippen LogP contribution in [0.5, 0.6) is 0 Å². The zero-order chi connectivity index (χ0) is 17.9. The molecule has 1 unspecified atom stereocenters. The number of carbonyl (C=O) groups is 1. The Bertz CT molecular complexity index is 357. The first-order valence-corrected chi connectivity index (χ1v) is 11.2. The van der Waals surface area contributed by atoms with Gasteiger partial charge in [-0.05, 0) is 63.5 Å². The Morgan fingerprint density at radius 1 is 0.920 bits per heavy atom. The second kappa shape index (κ2) is 11.9. The molecule has 0 aromatic carbocycles. The van der Waals surface area contributed by atoms with Crippen molar-refractivity contribution in [3.8, 4) is 0 Å². The van der Waals surface area contributed by atoms with E-state index < -0.39 is 0 Å². The topological polar surface area (TPSA) is 23.6 Å². The molecule has 1 amide bonds. The molecule has 3 heteroatoms. The van der Waals surface area contributed by atoms with Gasteiger partial charge < -0.3 is 9.80 Å². The van der Waals surface area contributed by atoms with Gasteiger partial charge in [-0.3, -0.25) is 4.79 Å². The van der Waals surface area contributed by atoms with Gasteiger partial charge in [0.2, 0.25) is 5.91 Å². The van der Waals surface area contributed by atoms with E-state index in [1.54, 1.807) is 0 Å². The second-order valence-corrected chi connectivity index (χ2v) is 8.54. The molecular weight excluding hydrogens is 308 g/mol. The first kappa shape index (κ1) is 20.7. The van der Waals surface area contributed by atoms with Crippen LogP contribution in [0.25, 0.3) is 0 Å². The molecule has 2 aliphatic rings. The third-order valence-electron chi connectivity index (χ3n) is 6.33. The van der Waals surface area contributed by atoms with E-state index >= 15 is 0 Å². The van der Waals surface area contributed by atoms with E-state index in [0.717, 1.165) is 25.4 Å². The minimum Gasteiger partial charge on any atom is -0.343 e. The lowest BCUT2D eigenvalue weighted by atomic mass is 9.91. The zero-order valence-corrected chi connectivity index (χ0v) is 17.0. The molecule has 0 saturated carbocycles. The van der Waals surface area contributed by atoms with Crippen molar-refractivity contribution >= 4 is 5.91 Å². The average molecular weight is 351 g/mol. The highest BCUT2D eigenvalue weighted by molar-refractivity contribution is 5.76. The summed E-state index contributed by atoms with van der Waals surface area (Å²) in [5, 5.41) is 0. The maximum atomic E-state index is 12.8. The van der Waals surface area contributed by atoms with E-state index in [9.17, 15) is 4.79 Å². The van der Waals surface area contributed by atoms with Crippen LogP contribution < -0.4 is 0 Å². The van der Waals surface area contributed by atoms with Gasteiger partial charge in [-0.15, -0.1) is 0 Å². The lowest BCUT2D eigenvalue weighted by Gasteiger charge is -2.34. The number of nitrogens with zero attached hydrogens (tertiary/aromatic N) is 2. The molecule has 2 saturated heterocycles. The number of hydrogen-bond donors (Lipinski definition) is 0. The van der Waals surface area contributed by atoms with Crippen LogP contribution in [0, 0.1) is 11.8 Å². The highest BCUT2D eigenvalue weighted by Gasteiger charge is 2.26.